The number of benzene rings is 1. The first-order valence-electron chi connectivity index (χ1n) is 11.0. The van der Waals surface area contributed by atoms with Gasteiger partial charge in [-0.2, -0.15) is 0 Å². The fourth-order valence-electron chi connectivity index (χ4n) is 3.92. The molecule has 1 atom stereocenters. The Morgan fingerprint density at radius 2 is 1.87 bits per heavy atom. The number of nitrogens with zero attached hydrogens (tertiary/aromatic N) is 3. The van der Waals surface area contributed by atoms with E-state index in [0.29, 0.717) is 40.6 Å². The van der Waals surface area contributed by atoms with Crippen LogP contribution in [0.1, 0.15) is 47.5 Å². The minimum absolute atomic E-state index is 0.000607. The molecule has 1 heterocycles. The van der Waals surface area contributed by atoms with Crippen LogP contribution in [-0.2, 0) is 11.3 Å². The van der Waals surface area contributed by atoms with Crippen molar-refractivity contribution in [1.82, 2.24) is 19.8 Å². The summed E-state index contributed by atoms with van der Waals surface area (Å²) in [6, 6.07) is 8.42. The van der Waals surface area contributed by atoms with Crippen LogP contribution in [0.5, 0.6) is 0 Å². The molecule has 6 nitrogen and oxygen atoms in total. The van der Waals surface area contributed by atoms with Gasteiger partial charge in [-0.1, -0.05) is 23.9 Å². The van der Waals surface area contributed by atoms with E-state index in [1.165, 1.54) is 24.6 Å². The number of rotatable bonds is 10. The molecule has 2 aromatic rings. The number of para-hydroxylation sites is 1. The lowest BCUT2D eigenvalue weighted by Gasteiger charge is -2.30. The highest BCUT2D eigenvalue weighted by atomic mass is 32.2. The third-order valence-corrected chi connectivity index (χ3v) is 6.76. The minimum Gasteiger partial charge on any atom is -0.353 e. The predicted octanol–water partition coefficient (Wildman–Crippen LogP) is 3.52. The van der Waals surface area contributed by atoms with Gasteiger partial charge in [0.25, 0.3) is 5.56 Å². The Morgan fingerprint density at radius 1 is 1.20 bits per heavy atom. The van der Waals surface area contributed by atoms with Gasteiger partial charge in [0.05, 0.1) is 16.7 Å². The van der Waals surface area contributed by atoms with Gasteiger partial charge in [-0.25, -0.2) is 4.98 Å². The summed E-state index contributed by atoms with van der Waals surface area (Å²) in [5, 5.41) is 4.31. The van der Waals surface area contributed by atoms with Gasteiger partial charge >= 0.3 is 0 Å². The first-order chi connectivity index (χ1) is 14.3. The predicted molar refractivity (Wildman–Crippen MR) is 124 cm³/mol. The standard InChI is InChI=1S/C23H34N4O2S/c1-15(2)26(16(3)4)12-13-27-22(29)19-8-6-7-9-20(19)25-23(27)30-14-21(28)24-17(5)18-10-11-18/h6-9,15-18H,10-14H2,1-5H3,(H,24,28). The Hall–Kier alpha value is -1.86. The Labute approximate surface area is 183 Å². The number of thioether (sulfide) groups is 1. The van der Waals surface area contributed by atoms with Crippen LogP contribution >= 0.6 is 11.8 Å². The summed E-state index contributed by atoms with van der Waals surface area (Å²) in [6.45, 7) is 12.1. The second-order valence-corrected chi connectivity index (χ2v) is 9.72. The SMILES string of the molecule is CC(NC(=O)CSc1nc2ccccc2c(=O)n1CCN(C(C)C)C(C)C)C1CC1. The van der Waals surface area contributed by atoms with Crippen LogP contribution in [0.15, 0.2) is 34.2 Å². The lowest BCUT2D eigenvalue weighted by molar-refractivity contribution is -0.119. The molecule has 7 heteroatoms. The number of amides is 1. The second kappa shape index (κ2) is 9.96. The van der Waals surface area contributed by atoms with Gasteiger partial charge in [0.1, 0.15) is 0 Å². The van der Waals surface area contributed by atoms with Gasteiger partial charge < -0.3 is 5.32 Å². The number of aromatic nitrogens is 2. The van der Waals surface area contributed by atoms with Crippen LogP contribution in [0, 0.1) is 5.92 Å². The first-order valence-corrected chi connectivity index (χ1v) is 11.9. The van der Waals surface area contributed by atoms with Gasteiger partial charge in [-0.05, 0) is 65.5 Å². The molecule has 1 N–H and O–H groups in total. The molecule has 1 amide bonds. The average Bonchev–Trinajstić information content (AvgIpc) is 3.53. The molecule has 1 fully saturated rings. The van der Waals surface area contributed by atoms with E-state index in [2.05, 4.69) is 44.8 Å². The normalized spacial score (nSPS) is 15.3. The zero-order valence-corrected chi connectivity index (χ0v) is 19.5. The third-order valence-electron chi connectivity index (χ3n) is 5.79. The van der Waals surface area contributed by atoms with Crippen LogP contribution in [-0.4, -0.2) is 50.8 Å². The van der Waals surface area contributed by atoms with Crippen LogP contribution in [0.25, 0.3) is 10.9 Å². The topological polar surface area (TPSA) is 67.2 Å². The Kier molecular flexibility index (Phi) is 7.58. The minimum atomic E-state index is -0.0395. The molecule has 0 saturated heterocycles. The molecule has 1 unspecified atom stereocenters. The van der Waals surface area contributed by atoms with E-state index >= 15 is 0 Å². The number of hydrogen-bond donors (Lipinski definition) is 1. The maximum atomic E-state index is 13.2. The molecule has 0 radical (unpaired) electrons. The Bertz CT molecular complexity index is 928. The highest BCUT2D eigenvalue weighted by Crippen LogP contribution is 2.32. The zero-order valence-electron chi connectivity index (χ0n) is 18.7. The van der Waals surface area contributed by atoms with Crippen molar-refractivity contribution < 1.29 is 4.79 Å². The van der Waals surface area contributed by atoms with Gasteiger partial charge in [0.2, 0.25) is 5.91 Å². The number of nitrogens with one attached hydrogen (secondary N) is 1. The quantitative estimate of drug-likeness (QED) is 0.461. The molecule has 1 aliphatic rings. The molecule has 0 spiro atoms. The molecule has 0 aliphatic heterocycles. The van der Waals surface area contributed by atoms with Crippen LogP contribution in [0.2, 0.25) is 0 Å². The number of hydrogen-bond acceptors (Lipinski definition) is 5. The average molecular weight is 431 g/mol. The summed E-state index contributed by atoms with van der Waals surface area (Å²) in [5.74, 6) is 0.883. The van der Waals surface area contributed by atoms with Crippen LogP contribution < -0.4 is 10.9 Å². The highest BCUT2D eigenvalue weighted by Gasteiger charge is 2.29. The van der Waals surface area contributed by atoms with E-state index in [1.54, 1.807) is 4.57 Å². The molecule has 30 heavy (non-hydrogen) atoms. The summed E-state index contributed by atoms with van der Waals surface area (Å²) in [6.07, 6.45) is 2.39. The molecule has 0 bridgehead atoms. The van der Waals surface area contributed by atoms with E-state index in [9.17, 15) is 9.59 Å². The molecule has 3 rings (SSSR count). The fourth-order valence-corrected chi connectivity index (χ4v) is 4.76. The van der Waals surface area contributed by atoms with Gasteiger partial charge in [-0.15, -0.1) is 0 Å². The summed E-state index contributed by atoms with van der Waals surface area (Å²) in [7, 11) is 0. The maximum Gasteiger partial charge on any atom is 0.262 e. The van der Waals surface area contributed by atoms with E-state index in [1.807, 2.05) is 24.3 Å². The van der Waals surface area contributed by atoms with E-state index in [0.717, 1.165) is 6.54 Å². The van der Waals surface area contributed by atoms with Crippen molar-refractivity contribution in [2.45, 2.75) is 77.3 Å². The summed E-state index contributed by atoms with van der Waals surface area (Å²) in [5.41, 5.74) is 0.639. The van der Waals surface area contributed by atoms with Crippen molar-refractivity contribution in [3.8, 4) is 0 Å². The fraction of sp³-hybridized carbons (Fsp3) is 0.609. The summed E-state index contributed by atoms with van der Waals surface area (Å²) in [4.78, 5) is 32.7. The number of carbonyl (C=O) groups excluding carboxylic acids is 1. The Balaban J connectivity index is 1.81. The Morgan fingerprint density at radius 3 is 2.50 bits per heavy atom. The van der Waals surface area contributed by atoms with Gasteiger partial charge in [-0.3, -0.25) is 19.1 Å². The number of carbonyl (C=O) groups is 1. The summed E-state index contributed by atoms with van der Waals surface area (Å²) >= 11 is 1.35. The van der Waals surface area contributed by atoms with Crippen molar-refractivity contribution in [2.24, 2.45) is 5.92 Å². The first kappa shape index (κ1) is 22.8. The molecule has 164 valence electrons. The van der Waals surface area contributed by atoms with Crippen molar-refractivity contribution in [1.29, 1.82) is 0 Å². The van der Waals surface area contributed by atoms with Crippen LogP contribution in [0.4, 0.5) is 0 Å². The van der Waals surface area contributed by atoms with Gasteiger partial charge in [0, 0.05) is 31.2 Å². The van der Waals surface area contributed by atoms with E-state index < -0.39 is 0 Å². The molecule has 1 aromatic heterocycles. The third kappa shape index (κ3) is 5.64. The van der Waals surface area contributed by atoms with Crippen molar-refractivity contribution in [2.75, 3.05) is 12.3 Å². The smallest absolute Gasteiger partial charge is 0.262 e. The molecular formula is C23H34N4O2S. The van der Waals surface area contributed by atoms with Crippen LogP contribution in [0.3, 0.4) is 0 Å². The van der Waals surface area contributed by atoms with E-state index in [-0.39, 0.29) is 23.3 Å². The summed E-state index contributed by atoms with van der Waals surface area (Å²) < 4.78 is 1.74. The molecule has 1 saturated carbocycles. The van der Waals surface area contributed by atoms with Crippen molar-refractivity contribution >= 4 is 28.6 Å². The molecular weight excluding hydrogens is 396 g/mol. The lowest BCUT2D eigenvalue weighted by atomic mass is 10.2. The lowest BCUT2D eigenvalue weighted by Crippen LogP contribution is -2.40. The largest absolute Gasteiger partial charge is 0.353 e. The van der Waals surface area contributed by atoms with Gasteiger partial charge in [0.15, 0.2) is 5.16 Å². The van der Waals surface area contributed by atoms with Crippen molar-refractivity contribution in [3.63, 3.8) is 0 Å². The highest BCUT2D eigenvalue weighted by molar-refractivity contribution is 7.99. The number of fused-ring (bicyclic) bond motifs is 1. The maximum absolute atomic E-state index is 13.2. The second-order valence-electron chi connectivity index (χ2n) is 8.78. The van der Waals surface area contributed by atoms with Crippen molar-refractivity contribution in [3.05, 3.63) is 34.6 Å². The molecule has 1 aromatic carbocycles. The van der Waals surface area contributed by atoms with E-state index in [4.69, 9.17) is 4.98 Å². The monoisotopic (exact) mass is 430 g/mol. The molecule has 1 aliphatic carbocycles. The zero-order chi connectivity index (χ0) is 21.8.